The first-order chi connectivity index (χ1) is 12.6. The molecule has 2 N–H and O–H groups in total. The molecule has 0 bridgehead atoms. The summed E-state index contributed by atoms with van der Waals surface area (Å²) >= 11 is 1.49. The molecule has 0 aliphatic rings. The van der Waals surface area contributed by atoms with Crippen LogP contribution in [0.15, 0.2) is 52.3 Å². The normalized spacial score (nSPS) is 12.8. The molecule has 0 aliphatic carbocycles. The van der Waals surface area contributed by atoms with Crippen molar-refractivity contribution in [2.45, 2.75) is 55.7 Å². The van der Waals surface area contributed by atoms with Gasteiger partial charge in [-0.15, -0.1) is 11.8 Å². The maximum atomic E-state index is 12.4. The third kappa shape index (κ3) is 6.09. The van der Waals surface area contributed by atoms with E-state index in [0.717, 1.165) is 4.90 Å². The summed E-state index contributed by atoms with van der Waals surface area (Å²) in [6.45, 7) is 9.48. The van der Waals surface area contributed by atoms with Gasteiger partial charge in [0.25, 0.3) is 0 Å². The lowest BCUT2D eigenvalue weighted by Crippen LogP contribution is -2.30. The van der Waals surface area contributed by atoms with Gasteiger partial charge in [0, 0.05) is 16.6 Å². The van der Waals surface area contributed by atoms with Gasteiger partial charge in [0.2, 0.25) is 15.9 Å². The van der Waals surface area contributed by atoms with Crippen LogP contribution in [-0.4, -0.2) is 25.6 Å². The molecular weight excluding hydrogens is 380 g/mol. The van der Waals surface area contributed by atoms with E-state index in [1.165, 1.54) is 35.0 Å². The largest absolute Gasteiger partial charge is 0.325 e. The zero-order valence-electron chi connectivity index (χ0n) is 16.2. The van der Waals surface area contributed by atoms with Crippen LogP contribution in [0, 0.1) is 13.8 Å². The number of aryl methyl sites for hydroxylation is 2. The summed E-state index contributed by atoms with van der Waals surface area (Å²) in [6.07, 6.45) is 0. The summed E-state index contributed by atoms with van der Waals surface area (Å²) in [4.78, 5) is 13.6. The number of rotatable bonds is 7. The fraction of sp³-hybridized carbons (Fsp3) is 0.350. The maximum absolute atomic E-state index is 12.4. The lowest BCUT2D eigenvalue weighted by atomic mass is 10.1. The molecule has 27 heavy (non-hydrogen) atoms. The highest BCUT2D eigenvalue weighted by Crippen LogP contribution is 2.26. The number of anilines is 1. The van der Waals surface area contributed by atoms with E-state index in [4.69, 9.17) is 0 Å². The van der Waals surface area contributed by atoms with Crippen molar-refractivity contribution in [1.82, 2.24) is 4.72 Å². The van der Waals surface area contributed by atoms with Crippen molar-refractivity contribution in [2.75, 3.05) is 5.32 Å². The Kier molecular flexibility index (Phi) is 7.08. The fourth-order valence-corrected chi connectivity index (χ4v) is 4.60. The Hall–Kier alpha value is -1.83. The van der Waals surface area contributed by atoms with E-state index in [1.807, 2.05) is 26.0 Å². The van der Waals surface area contributed by atoms with Crippen LogP contribution in [-0.2, 0) is 14.8 Å². The zero-order valence-corrected chi connectivity index (χ0v) is 17.9. The molecule has 146 valence electrons. The number of nitrogens with one attached hydrogen (secondary N) is 2. The van der Waals surface area contributed by atoms with Crippen LogP contribution >= 0.6 is 11.8 Å². The van der Waals surface area contributed by atoms with E-state index < -0.39 is 10.0 Å². The van der Waals surface area contributed by atoms with E-state index in [9.17, 15) is 13.2 Å². The molecule has 0 aliphatic heterocycles. The first kappa shape index (κ1) is 21.5. The molecule has 2 rings (SSSR count). The van der Waals surface area contributed by atoms with Crippen molar-refractivity contribution in [2.24, 2.45) is 0 Å². The number of hydrogen-bond acceptors (Lipinski definition) is 4. The third-order valence-corrected chi connectivity index (χ3v) is 6.75. The zero-order chi connectivity index (χ0) is 20.2. The molecule has 0 heterocycles. The number of benzene rings is 2. The molecule has 1 unspecified atom stereocenters. The van der Waals surface area contributed by atoms with Crippen molar-refractivity contribution in [3.8, 4) is 0 Å². The monoisotopic (exact) mass is 406 g/mol. The van der Waals surface area contributed by atoms with Gasteiger partial charge < -0.3 is 5.32 Å². The Morgan fingerprint density at radius 2 is 1.59 bits per heavy atom. The van der Waals surface area contributed by atoms with E-state index in [2.05, 4.69) is 23.0 Å². The van der Waals surface area contributed by atoms with E-state index in [0.29, 0.717) is 5.69 Å². The number of amides is 1. The number of hydrogen-bond donors (Lipinski definition) is 2. The van der Waals surface area contributed by atoms with Crippen LogP contribution in [0.25, 0.3) is 0 Å². The predicted molar refractivity (Wildman–Crippen MR) is 112 cm³/mol. The van der Waals surface area contributed by atoms with Crippen LogP contribution in [0.5, 0.6) is 0 Å². The SMILES string of the molecule is Cc1ccc(SC(C)C(=O)Nc2ccc(S(=O)(=O)NC(C)C)cc2)cc1C. The molecule has 7 heteroatoms. The second kappa shape index (κ2) is 8.91. The van der Waals surface area contributed by atoms with Gasteiger partial charge in [-0.05, 0) is 82.1 Å². The Labute approximate surface area is 166 Å². The van der Waals surface area contributed by atoms with Crippen molar-refractivity contribution in [1.29, 1.82) is 0 Å². The first-order valence-corrected chi connectivity index (χ1v) is 11.1. The standard InChI is InChI=1S/C20H26N2O3S2/c1-13(2)22-27(24,25)19-10-7-17(8-11-19)21-20(23)16(5)26-18-9-6-14(3)15(4)12-18/h6-13,16,22H,1-5H3,(H,21,23). The van der Waals surface area contributed by atoms with Gasteiger partial charge in [0.05, 0.1) is 10.1 Å². The molecule has 2 aromatic rings. The summed E-state index contributed by atoms with van der Waals surface area (Å²) in [7, 11) is -3.54. The van der Waals surface area contributed by atoms with E-state index in [1.54, 1.807) is 26.0 Å². The van der Waals surface area contributed by atoms with Crippen LogP contribution < -0.4 is 10.0 Å². The molecule has 0 aromatic heterocycles. The second-order valence-electron chi connectivity index (χ2n) is 6.80. The lowest BCUT2D eigenvalue weighted by molar-refractivity contribution is -0.115. The summed E-state index contributed by atoms with van der Waals surface area (Å²) in [5.41, 5.74) is 2.98. The smallest absolute Gasteiger partial charge is 0.240 e. The Bertz CT molecular complexity index is 907. The molecule has 0 saturated heterocycles. The fourth-order valence-electron chi connectivity index (χ4n) is 2.38. The van der Waals surface area contributed by atoms with Gasteiger partial charge in [-0.2, -0.15) is 0 Å². The van der Waals surface area contributed by atoms with Gasteiger partial charge in [-0.3, -0.25) is 4.79 Å². The molecule has 0 fully saturated rings. The van der Waals surface area contributed by atoms with Gasteiger partial charge in [0.15, 0.2) is 0 Å². The first-order valence-electron chi connectivity index (χ1n) is 8.75. The molecule has 5 nitrogen and oxygen atoms in total. The maximum Gasteiger partial charge on any atom is 0.240 e. The Balaban J connectivity index is 2.01. The molecule has 0 radical (unpaired) electrons. The average molecular weight is 407 g/mol. The Morgan fingerprint density at radius 3 is 2.15 bits per heavy atom. The van der Waals surface area contributed by atoms with Gasteiger partial charge in [0.1, 0.15) is 0 Å². The van der Waals surface area contributed by atoms with Crippen LogP contribution in [0.4, 0.5) is 5.69 Å². The van der Waals surface area contributed by atoms with E-state index >= 15 is 0 Å². The topological polar surface area (TPSA) is 75.3 Å². The van der Waals surface area contributed by atoms with Gasteiger partial charge >= 0.3 is 0 Å². The minimum absolute atomic E-state index is 0.130. The molecule has 0 spiro atoms. The van der Waals surface area contributed by atoms with Crippen molar-refractivity contribution in [3.05, 3.63) is 53.6 Å². The highest BCUT2D eigenvalue weighted by molar-refractivity contribution is 8.00. The average Bonchev–Trinajstić information content (AvgIpc) is 2.57. The van der Waals surface area contributed by atoms with Crippen LogP contribution in [0.3, 0.4) is 0 Å². The minimum atomic E-state index is -3.54. The number of sulfonamides is 1. The highest BCUT2D eigenvalue weighted by Gasteiger charge is 2.17. The summed E-state index contributed by atoms with van der Waals surface area (Å²) in [6, 6.07) is 12.1. The Morgan fingerprint density at radius 1 is 0.963 bits per heavy atom. The van der Waals surface area contributed by atoms with Crippen LogP contribution in [0.1, 0.15) is 31.9 Å². The van der Waals surface area contributed by atoms with Crippen molar-refractivity contribution < 1.29 is 13.2 Å². The number of carbonyl (C=O) groups excluding carboxylic acids is 1. The third-order valence-electron chi connectivity index (χ3n) is 3.98. The summed E-state index contributed by atoms with van der Waals surface area (Å²) in [5, 5.41) is 2.55. The number of carbonyl (C=O) groups is 1. The van der Waals surface area contributed by atoms with Gasteiger partial charge in [-0.1, -0.05) is 6.07 Å². The lowest BCUT2D eigenvalue weighted by Gasteiger charge is -2.14. The molecular formula is C20H26N2O3S2. The summed E-state index contributed by atoms with van der Waals surface area (Å²) < 4.78 is 26.8. The minimum Gasteiger partial charge on any atom is -0.325 e. The van der Waals surface area contributed by atoms with Gasteiger partial charge in [-0.25, -0.2) is 13.1 Å². The molecule has 1 atom stereocenters. The van der Waals surface area contributed by atoms with Crippen molar-refractivity contribution >= 4 is 33.4 Å². The molecule has 0 saturated carbocycles. The van der Waals surface area contributed by atoms with Crippen molar-refractivity contribution in [3.63, 3.8) is 0 Å². The quantitative estimate of drug-likeness (QED) is 0.679. The second-order valence-corrected chi connectivity index (χ2v) is 9.92. The molecule has 2 aromatic carbocycles. The highest BCUT2D eigenvalue weighted by atomic mass is 32.2. The predicted octanol–water partition coefficient (Wildman–Crippen LogP) is 4.11. The van der Waals surface area contributed by atoms with Crippen LogP contribution in [0.2, 0.25) is 0 Å². The summed E-state index contributed by atoms with van der Waals surface area (Å²) in [5.74, 6) is -0.130. The van der Waals surface area contributed by atoms with E-state index in [-0.39, 0.29) is 22.1 Å². The molecule has 1 amide bonds. The number of thioether (sulfide) groups is 1.